The van der Waals surface area contributed by atoms with E-state index in [1.807, 2.05) is 18.9 Å². The summed E-state index contributed by atoms with van der Waals surface area (Å²) in [5, 5.41) is 9.86. The Morgan fingerprint density at radius 1 is 1.09 bits per heavy atom. The number of hydrogen-bond acceptors (Lipinski definition) is 6. The van der Waals surface area contributed by atoms with Crippen LogP contribution in [-0.4, -0.2) is 68.1 Å². The van der Waals surface area contributed by atoms with Crippen molar-refractivity contribution in [2.45, 2.75) is 50.0 Å². The molecule has 1 heterocycles. The first kappa shape index (κ1) is 33.2. The SMILES string of the molecule is C[C@@H]1CN([C@@H](C)CO)C(=O)Cc2cc(NS(=O)(=O)c3ccc(F)cc3)ccc2O[C@@H]1CN(C)Cc1ccc(C(F)(F)F)cc1. The van der Waals surface area contributed by atoms with E-state index in [2.05, 4.69) is 4.72 Å². The van der Waals surface area contributed by atoms with Gasteiger partial charge in [0.15, 0.2) is 0 Å². The van der Waals surface area contributed by atoms with Crippen molar-refractivity contribution in [2.75, 3.05) is 31.5 Å². The Morgan fingerprint density at radius 2 is 1.75 bits per heavy atom. The first-order chi connectivity index (χ1) is 20.7. The zero-order valence-electron chi connectivity index (χ0n) is 24.5. The number of nitrogens with one attached hydrogen (secondary N) is 1. The summed E-state index contributed by atoms with van der Waals surface area (Å²) in [6, 6.07) is 13.4. The smallest absolute Gasteiger partial charge is 0.416 e. The monoisotopic (exact) mass is 637 g/mol. The molecule has 0 bridgehead atoms. The van der Waals surface area contributed by atoms with E-state index in [0.717, 1.165) is 36.4 Å². The van der Waals surface area contributed by atoms with Crippen molar-refractivity contribution in [3.8, 4) is 5.75 Å². The van der Waals surface area contributed by atoms with Crippen LogP contribution in [-0.2, 0) is 34.0 Å². The average molecular weight is 638 g/mol. The third kappa shape index (κ3) is 8.27. The number of amides is 1. The van der Waals surface area contributed by atoms with E-state index in [1.54, 1.807) is 17.9 Å². The Bertz CT molecular complexity index is 1550. The van der Waals surface area contributed by atoms with E-state index in [1.165, 1.54) is 24.3 Å². The number of rotatable bonds is 9. The maximum absolute atomic E-state index is 13.4. The summed E-state index contributed by atoms with van der Waals surface area (Å²) < 4.78 is 87.0. The van der Waals surface area contributed by atoms with Crippen molar-refractivity contribution in [3.05, 3.63) is 89.2 Å². The lowest BCUT2D eigenvalue weighted by Gasteiger charge is -2.34. The number of aliphatic hydroxyl groups is 1. The summed E-state index contributed by atoms with van der Waals surface area (Å²) in [6.07, 6.45) is -5.02. The lowest BCUT2D eigenvalue weighted by Crippen LogP contribution is -2.47. The molecule has 0 aromatic heterocycles. The number of hydrogen-bond donors (Lipinski definition) is 2. The zero-order valence-corrected chi connectivity index (χ0v) is 25.3. The zero-order chi connectivity index (χ0) is 32.2. The maximum atomic E-state index is 13.4. The van der Waals surface area contributed by atoms with Crippen LogP contribution in [0.3, 0.4) is 0 Å². The molecule has 0 fully saturated rings. The van der Waals surface area contributed by atoms with Crippen LogP contribution < -0.4 is 9.46 Å². The number of likely N-dealkylation sites (N-methyl/N-ethyl adjacent to an activating group) is 1. The van der Waals surface area contributed by atoms with Gasteiger partial charge in [-0.25, -0.2) is 12.8 Å². The molecule has 3 atom stereocenters. The lowest BCUT2D eigenvalue weighted by molar-refractivity contribution is -0.137. The minimum absolute atomic E-state index is 0.118. The van der Waals surface area contributed by atoms with Gasteiger partial charge in [-0.05, 0) is 74.1 Å². The highest BCUT2D eigenvalue weighted by Crippen LogP contribution is 2.31. The van der Waals surface area contributed by atoms with E-state index < -0.39 is 39.7 Å². The van der Waals surface area contributed by atoms with E-state index in [4.69, 9.17) is 4.74 Å². The van der Waals surface area contributed by atoms with Crippen LogP contribution in [0.1, 0.15) is 30.5 Å². The standard InChI is InChI=1S/C31H35F4N3O5S/c1-20-16-38(21(2)19-39)30(40)15-23-14-26(36-44(41,42)27-11-8-25(32)9-12-27)10-13-28(23)43-29(20)18-37(3)17-22-4-6-24(7-5-22)31(33,34)35/h4-14,20-21,29,36,39H,15-19H2,1-3H3/t20-,21+,29-/m1/s1. The molecular weight excluding hydrogens is 602 g/mol. The number of anilines is 1. The second-order valence-electron chi connectivity index (χ2n) is 11.2. The fraction of sp³-hybridized carbons (Fsp3) is 0.387. The number of halogens is 4. The van der Waals surface area contributed by atoms with Gasteiger partial charge < -0.3 is 14.7 Å². The highest BCUT2D eigenvalue weighted by Gasteiger charge is 2.32. The molecule has 1 aliphatic heterocycles. The van der Waals surface area contributed by atoms with Crippen LogP contribution in [0.5, 0.6) is 5.75 Å². The molecule has 0 radical (unpaired) electrons. The predicted octanol–water partition coefficient (Wildman–Crippen LogP) is 4.93. The van der Waals surface area contributed by atoms with Crippen LogP contribution >= 0.6 is 0 Å². The third-order valence-electron chi connectivity index (χ3n) is 7.52. The molecule has 8 nitrogen and oxygen atoms in total. The topological polar surface area (TPSA) is 99.2 Å². The van der Waals surface area contributed by atoms with Gasteiger partial charge >= 0.3 is 6.18 Å². The molecule has 44 heavy (non-hydrogen) atoms. The molecule has 2 N–H and O–H groups in total. The number of fused-ring (bicyclic) bond motifs is 1. The van der Waals surface area contributed by atoms with Crippen molar-refractivity contribution in [3.63, 3.8) is 0 Å². The number of alkyl halides is 3. The van der Waals surface area contributed by atoms with Crippen LogP contribution in [0.2, 0.25) is 0 Å². The van der Waals surface area contributed by atoms with E-state index >= 15 is 0 Å². The van der Waals surface area contributed by atoms with Gasteiger partial charge in [-0.2, -0.15) is 13.2 Å². The van der Waals surface area contributed by atoms with Gasteiger partial charge in [-0.15, -0.1) is 0 Å². The van der Waals surface area contributed by atoms with E-state index in [0.29, 0.717) is 30.0 Å². The molecule has 1 aliphatic rings. The molecule has 0 spiro atoms. The molecule has 0 aliphatic carbocycles. The molecule has 0 saturated carbocycles. The Morgan fingerprint density at radius 3 is 2.36 bits per heavy atom. The van der Waals surface area contributed by atoms with E-state index in [9.17, 15) is 35.9 Å². The number of nitrogens with zero attached hydrogens (tertiary/aromatic N) is 2. The second-order valence-corrected chi connectivity index (χ2v) is 12.8. The number of aliphatic hydroxyl groups excluding tert-OH is 1. The van der Waals surface area contributed by atoms with Crippen molar-refractivity contribution in [2.24, 2.45) is 5.92 Å². The molecule has 13 heteroatoms. The van der Waals surface area contributed by atoms with Crippen LogP contribution in [0.4, 0.5) is 23.2 Å². The maximum Gasteiger partial charge on any atom is 0.416 e. The van der Waals surface area contributed by atoms with Gasteiger partial charge in [0.25, 0.3) is 10.0 Å². The number of sulfonamides is 1. The molecule has 238 valence electrons. The van der Waals surface area contributed by atoms with Gasteiger partial charge in [-0.3, -0.25) is 14.4 Å². The molecule has 3 aromatic carbocycles. The van der Waals surface area contributed by atoms with Crippen LogP contribution in [0, 0.1) is 11.7 Å². The molecule has 4 rings (SSSR count). The number of carbonyl (C=O) groups excluding carboxylic acids is 1. The molecular formula is C31H35F4N3O5S. The third-order valence-corrected chi connectivity index (χ3v) is 8.92. The minimum atomic E-state index is -4.42. The Hall–Kier alpha value is -3.68. The Kier molecular flexibility index (Phi) is 10.2. The van der Waals surface area contributed by atoms with Crippen molar-refractivity contribution >= 4 is 21.6 Å². The van der Waals surface area contributed by atoms with Gasteiger partial charge in [0.2, 0.25) is 5.91 Å². The first-order valence-electron chi connectivity index (χ1n) is 14.0. The van der Waals surface area contributed by atoms with E-state index in [-0.39, 0.29) is 42.0 Å². The summed E-state index contributed by atoms with van der Waals surface area (Å²) >= 11 is 0. The van der Waals surface area contributed by atoms with Crippen LogP contribution in [0.15, 0.2) is 71.6 Å². The molecule has 1 amide bonds. The van der Waals surface area contributed by atoms with Gasteiger partial charge in [0.1, 0.15) is 17.7 Å². The van der Waals surface area contributed by atoms with Crippen LogP contribution in [0.25, 0.3) is 0 Å². The predicted molar refractivity (Wildman–Crippen MR) is 157 cm³/mol. The average Bonchev–Trinajstić information content (AvgIpc) is 3.00. The summed E-state index contributed by atoms with van der Waals surface area (Å²) in [5.74, 6) is -0.695. The van der Waals surface area contributed by atoms with Gasteiger partial charge in [0.05, 0.1) is 29.5 Å². The van der Waals surface area contributed by atoms with Crippen molar-refractivity contribution in [1.82, 2.24) is 9.80 Å². The fourth-order valence-electron chi connectivity index (χ4n) is 5.02. The van der Waals surface area contributed by atoms with Crippen molar-refractivity contribution < 1.29 is 40.6 Å². The fourth-order valence-corrected chi connectivity index (χ4v) is 6.07. The highest BCUT2D eigenvalue weighted by molar-refractivity contribution is 7.92. The first-order valence-corrected chi connectivity index (χ1v) is 15.5. The Balaban J connectivity index is 1.60. The quantitative estimate of drug-likeness (QED) is 0.323. The number of ether oxygens (including phenoxy) is 1. The molecule has 0 unspecified atom stereocenters. The van der Waals surface area contributed by atoms with Crippen molar-refractivity contribution in [1.29, 1.82) is 0 Å². The normalized spacial score (nSPS) is 18.6. The molecule has 3 aromatic rings. The van der Waals surface area contributed by atoms with Gasteiger partial charge in [-0.1, -0.05) is 19.1 Å². The van der Waals surface area contributed by atoms with Gasteiger partial charge in [0, 0.05) is 36.8 Å². The number of benzene rings is 3. The summed E-state index contributed by atoms with van der Waals surface area (Å²) in [6.45, 7) is 4.35. The summed E-state index contributed by atoms with van der Waals surface area (Å²) in [4.78, 5) is 16.8. The summed E-state index contributed by atoms with van der Waals surface area (Å²) in [5.41, 5.74) is 0.555. The Labute approximate surface area is 254 Å². The summed E-state index contributed by atoms with van der Waals surface area (Å²) in [7, 11) is -2.24. The minimum Gasteiger partial charge on any atom is -0.488 e. The highest BCUT2D eigenvalue weighted by atomic mass is 32.2. The second kappa shape index (κ2) is 13.5. The lowest BCUT2D eigenvalue weighted by atomic mass is 10.0. The largest absolute Gasteiger partial charge is 0.488 e. The number of carbonyl (C=O) groups is 1. The molecule has 0 saturated heterocycles.